The lowest BCUT2D eigenvalue weighted by Crippen LogP contribution is -2.45. The molecule has 0 bridgehead atoms. The van der Waals surface area contributed by atoms with Crippen molar-refractivity contribution >= 4 is 11.9 Å². The van der Waals surface area contributed by atoms with Crippen LogP contribution in [0.5, 0.6) is 5.75 Å². The first-order valence-corrected chi connectivity index (χ1v) is 7.45. The molecule has 0 saturated heterocycles. The van der Waals surface area contributed by atoms with Crippen LogP contribution in [0, 0.1) is 0 Å². The monoisotopic (exact) mass is 307 g/mol. The molecule has 0 aliphatic heterocycles. The Hall–Kier alpha value is -2.04. The number of carboxylic acids is 1. The molecular weight excluding hydrogens is 282 g/mol. The zero-order chi connectivity index (χ0) is 16.8. The van der Waals surface area contributed by atoms with Gasteiger partial charge in [0.15, 0.2) is 6.61 Å². The molecule has 0 radical (unpaired) electrons. The van der Waals surface area contributed by atoms with Gasteiger partial charge in [-0.3, -0.25) is 9.59 Å². The van der Waals surface area contributed by atoms with Gasteiger partial charge >= 0.3 is 5.97 Å². The van der Waals surface area contributed by atoms with E-state index in [4.69, 9.17) is 9.84 Å². The number of amides is 1. The molecule has 1 aromatic rings. The molecule has 22 heavy (non-hydrogen) atoms. The van der Waals surface area contributed by atoms with E-state index in [1.165, 1.54) is 0 Å². The summed E-state index contributed by atoms with van der Waals surface area (Å²) in [6, 6.07) is 7.66. The predicted molar refractivity (Wildman–Crippen MR) is 85.1 cm³/mol. The van der Waals surface area contributed by atoms with Gasteiger partial charge in [0, 0.05) is 12.0 Å². The Balaban J connectivity index is 2.49. The number of carbonyl (C=O) groups excluding carboxylic acids is 1. The topological polar surface area (TPSA) is 75.6 Å². The highest BCUT2D eigenvalue weighted by molar-refractivity contribution is 5.78. The highest BCUT2D eigenvalue weighted by atomic mass is 16.5. The standard InChI is InChI=1S/C17H25NO4/c1-12(2)13-6-5-7-14(10-13)22-11-15(19)18-17(3,4)9-8-16(20)21/h5-7,10,12H,8-9,11H2,1-4H3,(H,18,19)(H,20,21). The van der Waals surface area contributed by atoms with E-state index in [0.29, 0.717) is 18.1 Å². The molecule has 1 aromatic carbocycles. The third-order valence-corrected chi connectivity index (χ3v) is 3.34. The van der Waals surface area contributed by atoms with Crippen molar-refractivity contribution < 1.29 is 19.4 Å². The SMILES string of the molecule is CC(C)c1cccc(OCC(=O)NC(C)(C)CCC(=O)O)c1. The Morgan fingerprint density at radius 1 is 1.32 bits per heavy atom. The quantitative estimate of drug-likeness (QED) is 0.774. The first-order valence-electron chi connectivity index (χ1n) is 7.45. The van der Waals surface area contributed by atoms with E-state index in [2.05, 4.69) is 19.2 Å². The Kier molecular flexibility index (Phi) is 6.40. The van der Waals surface area contributed by atoms with E-state index in [0.717, 1.165) is 5.56 Å². The van der Waals surface area contributed by atoms with E-state index in [1.807, 2.05) is 24.3 Å². The number of rotatable bonds is 8. The number of ether oxygens (including phenoxy) is 1. The van der Waals surface area contributed by atoms with Crippen LogP contribution < -0.4 is 10.1 Å². The number of hydrogen-bond acceptors (Lipinski definition) is 3. The largest absolute Gasteiger partial charge is 0.484 e. The van der Waals surface area contributed by atoms with Crippen LogP contribution in [0.15, 0.2) is 24.3 Å². The molecule has 1 amide bonds. The number of nitrogens with one attached hydrogen (secondary N) is 1. The van der Waals surface area contributed by atoms with Crippen LogP contribution in [-0.2, 0) is 9.59 Å². The molecule has 5 heteroatoms. The molecule has 2 N–H and O–H groups in total. The molecule has 0 atom stereocenters. The van der Waals surface area contributed by atoms with Gasteiger partial charge in [-0.25, -0.2) is 0 Å². The number of carbonyl (C=O) groups is 2. The maximum absolute atomic E-state index is 11.9. The van der Waals surface area contributed by atoms with Crippen LogP contribution in [0.4, 0.5) is 0 Å². The normalized spacial score (nSPS) is 11.3. The first-order chi connectivity index (χ1) is 10.2. The number of carboxylic acid groups (broad SMARTS) is 1. The molecule has 0 aliphatic carbocycles. The summed E-state index contributed by atoms with van der Waals surface area (Å²) in [5.74, 6) is -0.0774. The minimum Gasteiger partial charge on any atom is -0.484 e. The maximum Gasteiger partial charge on any atom is 0.303 e. The highest BCUT2D eigenvalue weighted by Crippen LogP contribution is 2.20. The Labute approximate surface area is 131 Å². The van der Waals surface area contributed by atoms with Crippen LogP contribution >= 0.6 is 0 Å². The van der Waals surface area contributed by atoms with Crippen LogP contribution in [0.2, 0.25) is 0 Å². The summed E-state index contributed by atoms with van der Waals surface area (Å²) in [6.45, 7) is 7.70. The zero-order valence-electron chi connectivity index (χ0n) is 13.7. The van der Waals surface area contributed by atoms with Crippen LogP contribution in [0.1, 0.15) is 52.0 Å². The van der Waals surface area contributed by atoms with Crippen LogP contribution in [0.3, 0.4) is 0 Å². The lowest BCUT2D eigenvalue weighted by molar-refractivity contribution is -0.138. The van der Waals surface area contributed by atoms with E-state index < -0.39 is 11.5 Å². The van der Waals surface area contributed by atoms with Crippen molar-refractivity contribution in [3.63, 3.8) is 0 Å². The fourth-order valence-corrected chi connectivity index (χ4v) is 2.01. The Morgan fingerprint density at radius 3 is 2.59 bits per heavy atom. The van der Waals surface area contributed by atoms with E-state index in [9.17, 15) is 9.59 Å². The van der Waals surface area contributed by atoms with Crippen molar-refractivity contribution in [2.45, 2.75) is 52.0 Å². The fourth-order valence-electron chi connectivity index (χ4n) is 2.01. The summed E-state index contributed by atoms with van der Waals surface area (Å²) >= 11 is 0. The van der Waals surface area contributed by atoms with Gasteiger partial charge in [0.2, 0.25) is 0 Å². The van der Waals surface area contributed by atoms with Crippen LogP contribution in [0.25, 0.3) is 0 Å². The molecule has 0 spiro atoms. The van der Waals surface area contributed by atoms with Gasteiger partial charge in [0.1, 0.15) is 5.75 Å². The van der Waals surface area contributed by atoms with Crippen molar-refractivity contribution in [2.75, 3.05) is 6.61 Å². The summed E-state index contributed by atoms with van der Waals surface area (Å²) in [7, 11) is 0. The van der Waals surface area contributed by atoms with Gasteiger partial charge in [-0.05, 0) is 43.9 Å². The lowest BCUT2D eigenvalue weighted by Gasteiger charge is -2.25. The average molecular weight is 307 g/mol. The van der Waals surface area contributed by atoms with Gasteiger partial charge in [-0.2, -0.15) is 0 Å². The van der Waals surface area contributed by atoms with Crippen molar-refractivity contribution in [3.8, 4) is 5.75 Å². The minimum absolute atomic E-state index is 0.0184. The second kappa shape index (κ2) is 7.82. The molecule has 0 aromatic heterocycles. The van der Waals surface area contributed by atoms with E-state index in [1.54, 1.807) is 13.8 Å². The summed E-state index contributed by atoms with van der Waals surface area (Å²) in [5, 5.41) is 11.5. The fraction of sp³-hybridized carbons (Fsp3) is 0.529. The van der Waals surface area contributed by atoms with Crippen molar-refractivity contribution in [2.24, 2.45) is 0 Å². The lowest BCUT2D eigenvalue weighted by atomic mass is 9.98. The molecule has 0 heterocycles. The third-order valence-electron chi connectivity index (χ3n) is 3.34. The van der Waals surface area contributed by atoms with Crippen LogP contribution in [-0.4, -0.2) is 29.1 Å². The van der Waals surface area contributed by atoms with Gasteiger partial charge in [-0.15, -0.1) is 0 Å². The smallest absolute Gasteiger partial charge is 0.303 e. The molecule has 0 fully saturated rings. The van der Waals surface area contributed by atoms with Crippen molar-refractivity contribution in [1.82, 2.24) is 5.32 Å². The highest BCUT2D eigenvalue weighted by Gasteiger charge is 2.21. The Morgan fingerprint density at radius 2 is 2.00 bits per heavy atom. The van der Waals surface area contributed by atoms with E-state index >= 15 is 0 Å². The summed E-state index contributed by atoms with van der Waals surface area (Å²) < 4.78 is 5.50. The molecular formula is C17H25NO4. The first kappa shape index (κ1) is 18.0. The van der Waals surface area contributed by atoms with Crippen molar-refractivity contribution in [1.29, 1.82) is 0 Å². The second-order valence-electron chi connectivity index (χ2n) is 6.34. The predicted octanol–water partition coefficient (Wildman–Crippen LogP) is 2.95. The van der Waals surface area contributed by atoms with Gasteiger partial charge in [0.05, 0.1) is 0 Å². The molecule has 122 valence electrons. The van der Waals surface area contributed by atoms with Gasteiger partial charge in [0.25, 0.3) is 5.91 Å². The van der Waals surface area contributed by atoms with E-state index in [-0.39, 0.29) is 18.9 Å². The molecule has 0 unspecified atom stereocenters. The summed E-state index contributed by atoms with van der Waals surface area (Å²) in [5.41, 5.74) is 0.582. The maximum atomic E-state index is 11.9. The minimum atomic E-state index is -0.871. The number of hydrogen-bond donors (Lipinski definition) is 2. The number of aliphatic carboxylic acids is 1. The molecule has 0 saturated carbocycles. The average Bonchev–Trinajstić information content (AvgIpc) is 2.43. The van der Waals surface area contributed by atoms with Crippen molar-refractivity contribution in [3.05, 3.63) is 29.8 Å². The Bertz CT molecular complexity index is 523. The second-order valence-corrected chi connectivity index (χ2v) is 6.34. The summed E-state index contributed by atoms with van der Waals surface area (Å²) in [4.78, 5) is 22.5. The molecule has 5 nitrogen and oxygen atoms in total. The summed E-state index contributed by atoms with van der Waals surface area (Å²) in [6.07, 6.45) is 0.390. The third kappa shape index (κ3) is 6.61. The van der Waals surface area contributed by atoms with Gasteiger partial charge in [-0.1, -0.05) is 26.0 Å². The number of benzene rings is 1. The van der Waals surface area contributed by atoms with Gasteiger partial charge < -0.3 is 15.2 Å². The zero-order valence-corrected chi connectivity index (χ0v) is 13.7. The molecule has 0 aliphatic rings. The molecule has 1 rings (SSSR count).